The second-order valence-corrected chi connectivity index (χ2v) is 17.8. The highest BCUT2D eigenvalue weighted by atomic mass is 16.6. The van der Waals surface area contributed by atoms with Crippen LogP contribution < -0.4 is 10.9 Å². The van der Waals surface area contributed by atoms with E-state index in [2.05, 4.69) is 36.6 Å². The van der Waals surface area contributed by atoms with Crippen molar-refractivity contribution in [3.05, 3.63) is 65.5 Å². The summed E-state index contributed by atoms with van der Waals surface area (Å²) in [5.41, 5.74) is 5.22. The topological polar surface area (TPSA) is 150 Å². The molecule has 0 aliphatic heterocycles. The van der Waals surface area contributed by atoms with Crippen molar-refractivity contribution in [2.24, 2.45) is 46.3 Å². The van der Waals surface area contributed by atoms with E-state index in [-0.39, 0.29) is 59.1 Å². The summed E-state index contributed by atoms with van der Waals surface area (Å²) >= 11 is 0. The van der Waals surface area contributed by atoms with Gasteiger partial charge in [-0.05, 0) is 144 Å². The fourth-order valence-electron chi connectivity index (χ4n) is 11.1. The van der Waals surface area contributed by atoms with Crippen molar-refractivity contribution in [2.45, 2.75) is 124 Å². The number of nitrogens with zero attached hydrogens (tertiary/aromatic N) is 1. The van der Waals surface area contributed by atoms with Crippen molar-refractivity contribution < 1.29 is 38.2 Å². The maximum Gasteiger partial charge on any atom is 0.426 e. The van der Waals surface area contributed by atoms with Crippen LogP contribution in [0.5, 0.6) is 0 Å². The van der Waals surface area contributed by atoms with E-state index in [1.807, 2.05) is 0 Å². The number of aldehydes is 1. The van der Waals surface area contributed by atoms with E-state index in [1.54, 1.807) is 69.6 Å². The lowest BCUT2D eigenvalue weighted by Crippen LogP contribution is -2.59. The first kappa shape index (κ1) is 39.4. The Labute approximate surface area is 319 Å². The molecule has 2 aromatic rings. The van der Waals surface area contributed by atoms with Gasteiger partial charge in [0.1, 0.15) is 24.1 Å². The highest BCUT2D eigenvalue weighted by Gasteiger charge is 2.65. The van der Waals surface area contributed by atoms with E-state index in [0.717, 1.165) is 57.7 Å². The first-order valence-corrected chi connectivity index (χ1v) is 19.8. The van der Waals surface area contributed by atoms with Crippen LogP contribution in [0.2, 0.25) is 0 Å². The maximum atomic E-state index is 13.8. The monoisotopic (exact) mass is 743 g/mol. The third-order valence-electron chi connectivity index (χ3n) is 13.7. The Morgan fingerprint density at radius 1 is 0.907 bits per heavy atom. The number of ether oxygens (including phenoxy) is 3. The minimum atomic E-state index is -0.704. The molecule has 10 atom stereocenters. The van der Waals surface area contributed by atoms with Gasteiger partial charge in [0, 0.05) is 29.8 Å². The number of pyridine rings is 1. The van der Waals surface area contributed by atoms with E-state index >= 15 is 0 Å². The van der Waals surface area contributed by atoms with E-state index in [9.17, 15) is 24.0 Å². The van der Waals surface area contributed by atoms with Gasteiger partial charge in [0.2, 0.25) is 5.91 Å². The molecule has 0 spiro atoms. The minimum Gasteiger partial charge on any atom is -0.459 e. The number of hydrogen-bond donors (Lipinski definition) is 2. The molecule has 0 unspecified atom stereocenters. The van der Waals surface area contributed by atoms with Crippen molar-refractivity contribution in [3.8, 4) is 0 Å². The van der Waals surface area contributed by atoms with Crippen molar-refractivity contribution >= 4 is 30.2 Å². The van der Waals surface area contributed by atoms with E-state index in [4.69, 9.17) is 14.2 Å². The van der Waals surface area contributed by atoms with Gasteiger partial charge in [0.25, 0.3) is 0 Å². The zero-order chi connectivity index (χ0) is 38.8. The van der Waals surface area contributed by atoms with Crippen molar-refractivity contribution in [2.75, 3.05) is 0 Å². The molecule has 292 valence electrons. The standard InChI is InChI=1S/C43H57N3O8/c1-26(10-15-37(48)45-46-40(51)54-41(2,3)4)33-13-14-34-32-12-11-30-23-31(52-39(50)29-9-7-8-27(22-29)25-47)16-19-42(30,5)35(32)24-36(43(33,34)6)53-38(49)28-17-20-44-21-18-28/h7-9,17-18,20-22,25-26,30-36H,10-16,19,23-24H2,1-6H3,(H,45,48)(H,46,51)/t26-,30-,31-,32+,33-,34+,35+,36+,42+,43-/m1/s1. The number of hydrogen-bond acceptors (Lipinski definition) is 9. The molecule has 11 nitrogen and oxygen atoms in total. The quantitative estimate of drug-likeness (QED) is 0.113. The molecule has 0 radical (unpaired) electrons. The summed E-state index contributed by atoms with van der Waals surface area (Å²) in [6, 6.07) is 10.0. The second kappa shape index (κ2) is 15.8. The maximum absolute atomic E-state index is 13.8. The number of benzene rings is 1. The predicted octanol–water partition coefficient (Wildman–Crippen LogP) is 7.89. The van der Waals surface area contributed by atoms with Crippen molar-refractivity contribution in [1.82, 2.24) is 15.8 Å². The number of fused-ring (bicyclic) bond motifs is 5. The summed E-state index contributed by atoms with van der Waals surface area (Å²) in [5, 5.41) is 0. The number of hydrazine groups is 1. The van der Waals surface area contributed by atoms with Crippen LogP contribution in [0.4, 0.5) is 4.79 Å². The molecule has 0 saturated heterocycles. The van der Waals surface area contributed by atoms with E-state index < -0.39 is 11.7 Å². The van der Waals surface area contributed by atoms with Crippen LogP contribution in [0.25, 0.3) is 0 Å². The first-order valence-electron chi connectivity index (χ1n) is 19.8. The molecule has 4 fully saturated rings. The van der Waals surface area contributed by atoms with E-state index in [0.29, 0.717) is 46.8 Å². The molecular formula is C43H57N3O8. The largest absolute Gasteiger partial charge is 0.459 e. The summed E-state index contributed by atoms with van der Waals surface area (Å²) in [5.74, 6) is 0.980. The van der Waals surface area contributed by atoms with Crippen molar-refractivity contribution in [3.63, 3.8) is 0 Å². The van der Waals surface area contributed by atoms with Crippen LogP contribution in [-0.2, 0) is 19.0 Å². The van der Waals surface area contributed by atoms with Crippen LogP contribution in [0.3, 0.4) is 0 Å². The Bertz CT molecular complexity index is 1710. The normalized spacial score (nSPS) is 32.1. The molecule has 1 heterocycles. The Kier molecular flexibility index (Phi) is 11.6. The van der Waals surface area contributed by atoms with Gasteiger partial charge in [-0.1, -0.05) is 32.9 Å². The highest BCUT2D eigenvalue weighted by Crippen LogP contribution is 2.69. The van der Waals surface area contributed by atoms with Gasteiger partial charge in [-0.15, -0.1) is 0 Å². The molecule has 11 heteroatoms. The van der Waals surface area contributed by atoms with Gasteiger partial charge in [0.15, 0.2) is 0 Å². The SMILES string of the molecule is C[C@H](CCC(=O)NNC(=O)OC(C)(C)C)[C@H]1CC[C@H]2[C@@H]3CC[C@@H]4C[C@H](OC(=O)c5cccc(C=O)c5)CC[C@]4(C)[C@H]3C[C@H](OC(=O)c3ccncc3)[C@]12C. The molecule has 1 aromatic heterocycles. The molecule has 4 saturated carbocycles. The Balaban J connectivity index is 1.17. The summed E-state index contributed by atoms with van der Waals surface area (Å²) in [4.78, 5) is 67.1. The van der Waals surface area contributed by atoms with Gasteiger partial charge in [-0.2, -0.15) is 0 Å². The number of nitrogens with one attached hydrogen (secondary N) is 2. The number of carbonyl (C=O) groups is 5. The predicted molar refractivity (Wildman–Crippen MR) is 201 cm³/mol. The summed E-state index contributed by atoms with van der Waals surface area (Å²) in [7, 11) is 0. The van der Waals surface area contributed by atoms with Crippen LogP contribution >= 0.6 is 0 Å². The van der Waals surface area contributed by atoms with Crippen LogP contribution in [0.15, 0.2) is 48.8 Å². The fourth-order valence-corrected chi connectivity index (χ4v) is 11.1. The number of rotatable bonds is 9. The van der Waals surface area contributed by atoms with Gasteiger partial charge >= 0.3 is 18.0 Å². The van der Waals surface area contributed by atoms with Gasteiger partial charge in [0.05, 0.1) is 11.1 Å². The average Bonchev–Trinajstić information content (AvgIpc) is 3.51. The summed E-state index contributed by atoms with van der Waals surface area (Å²) < 4.78 is 17.9. The smallest absolute Gasteiger partial charge is 0.426 e. The Morgan fingerprint density at radius 2 is 1.65 bits per heavy atom. The molecular weight excluding hydrogens is 686 g/mol. The van der Waals surface area contributed by atoms with E-state index in [1.165, 1.54) is 0 Å². The van der Waals surface area contributed by atoms with Gasteiger partial charge < -0.3 is 14.2 Å². The molecule has 4 aliphatic carbocycles. The third kappa shape index (κ3) is 8.20. The number of carbonyl (C=O) groups excluding carboxylic acids is 5. The lowest BCUT2D eigenvalue weighted by Gasteiger charge is -2.62. The molecule has 1 aromatic carbocycles. The second-order valence-electron chi connectivity index (χ2n) is 17.8. The molecule has 6 rings (SSSR count). The molecule has 2 amide bonds. The average molecular weight is 744 g/mol. The van der Waals surface area contributed by atoms with Crippen LogP contribution in [0.1, 0.15) is 137 Å². The Hall–Kier alpha value is -4.28. The zero-order valence-corrected chi connectivity index (χ0v) is 32.6. The van der Waals surface area contributed by atoms with Crippen LogP contribution in [-0.4, -0.2) is 53.0 Å². The zero-order valence-electron chi connectivity index (χ0n) is 32.6. The van der Waals surface area contributed by atoms with Crippen LogP contribution in [0, 0.1) is 46.3 Å². The lowest BCUT2D eigenvalue weighted by molar-refractivity contribution is -0.176. The molecule has 4 aliphatic rings. The number of aromatic nitrogens is 1. The first-order chi connectivity index (χ1) is 25.6. The Morgan fingerprint density at radius 3 is 2.37 bits per heavy atom. The summed E-state index contributed by atoms with van der Waals surface area (Å²) in [6.07, 6.45) is 11.1. The summed E-state index contributed by atoms with van der Waals surface area (Å²) in [6.45, 7) is 12.2. The highest BCUT2D eigenvalue weighted by molar-refractivity contribution is 5.91. The third-order valence-corrected chi connectivity index (χ3v) is 13.7. The van der Waals surface area contributed by atoms with Crippen molar-refractivity contribution in [1.29, 1.82) is 0 Å². The number of amides is 2. The molecule has 2 N–H and O–H groups in total. The number of esters is 2. The fraction of sp³-hybridized carbons (Fsp3) is 0.628. The molecule has 54 heavy (non-hydrogen) atoms. The minimum absolute atomic E-state index is 0.00877. The lowest BCUT2D eigenvalue weighted by atomic mass is 9.43. The van der Waals surface area contributed by atoms with Gasteiger partial charge in [-0.25, -0.2) is 19.8 Å². The van der Waals surface area contributed by atoms with Gasteiger partial charge in [-0.3, -0.25) is 20.0 Å². The molecule has 0 bridgehead atoms.